The first-order valence-corrected chi connectivity index (χ1v) is 7.98. The highest BCUT2D eigenvalue weighted by Crippen LogP contribution is 2.31. The number of carbonyl (C=O) groups excluding carboxylic acids is 1. The summed E-state index contributed by atoms with van der Waals surface area (Å²) >= 11 is 7.47. The number of anilines is 2. The smallest absolute Gasteiger partial charge is 0.234 e. The van der Waals surface area contributed by atoms with E-state index in [1.807, 2.05) is 31.2 Å². The van der Waals surface area contributed by atoms with Gasteiger partial charge in [0.15, 0.2) is 0 Å². The number of nitrogen functional groups attached to an aromatic ring is 1. The first kappa shape index (κ1) is 16.5. The van der Waals surface area contributed by atoms with Crippen molar-refractivity contribution in [2.24, 2.45) is 0 Å². The van der Waals surface area contributed by atoms with E-state index in [1.165, 1.54) is 18.9 Å². The van der Waals surface area contributed by atoms with E-state index < -0.39 is 0 Å². The number of rotatable bonds is 5. The van der Waals surface area contributed by atoms with Crippen LogP contribution in [0.15, 0.2) is 41.3 Å². The average molecular weight is 337 g/mol. The lowest BCUT2D eigenvalue weighted by Crippen LogP contribution is -2.14. The summed E-state index contributed by atoms with van der Waals surface area (Å²) in [4.78, 5) is 13.0. The van der Waals surface area contributed by atoms with Crippen molar-refractivity contribution in [2.45, 2.75) is 11.8 Å². The second-order valence-corrected chi connectivity index (χ2v) is 6.17. The fraction of sp³-hybridized carbons (Fsp3) is 0.188. The van der Waals surface area contributed by atoms with E-state index in [-0.39, 0.29) is 11.7 Å². The van der Waals surface area contributed by atoms with Crippen LogP contribution in [-0.2, 0) is 4.79 Å². The molecular formula is C16H17ClN2O2S. The van der Waals surface area contributed by atoms with Gasteiger partial charge in [0.25, 0.3) is 0 Å². The topological polar surface area (TPSA) is 64.3 Å². The molecule has 0 bridgehead atoms. The quantitative estimate of drug-likeness (QED) is 0.640. The van der Waals surface area contributed by atoms with E-state index in [1.54, 1.807) is 12.1 Å². The number of benzene rings is 2. The molecule has 0 aliphatic rings. The maximum absolute atomic E-state index is 12.1. The average Bonchev–Trinajstić information content (AvgIpc) is 2.49. The maximum atomic E-state index is 12.1. The van der Waals surface area contributed by atoms with Gasteiger partial charge in [-0.05, 0) is 36.8 Å². The van der Waals surface area contributed by atoms with Crippen LogP contribution in [0.4, 0.5) is 11.4 Å². The molecule has 0 aliphatic heterocycles. The summed E-state index contributed by atoms with van der Waals surface area (Å²) in [5, 5.41) is 3.44. The lowest BCUT2D eigenvalue weighted by atomic mass is 10.2. The number of halogens is 1. The zero-order chi connectivity index (χ0) is 16.1. The Morgan fingerprint density at radius 2 is 2.14 bits per heavy atom. The Morgan fingerprint density at radius 3 is 2.82 bits per heavy atom. The zero-order valence-corrected chi connectivity index (χ0v) is 13.9. The van der Waals surface area contributed by atoms with Crippen LogP contribution >= 0.6 is 23.4 Å². The van der Waals surface area contributed by atoms with Crippen molar-refractivity contribution < 1.29 is 9.53 Å². The third kappa shape index (κ3) is 4.32. The number of amides is 1. The predicted molar refractivity (Wildman–Crippen MR) is 92.9 cm³/mol. The number of carbonyl (C=O) groups is 1. The van der Waals surface area contributed by atoms with Crippen LogP contribution in [0.3, 0.4) is 0 Å². The Kier molecular flexibility index (Phi) is 5.57. The highest BCUT2D eigenvalue weighted by Gasteiger charge is 2.10. The van der Waals surface area contributed by atoms with Gasteiger partial charge in [-0.25, -0.2) is 0 Å². The Labute approximate surface area is 139 Å². The van der Waals surface area contributed by atoms with Gasteiger partial charge in [0.05, 0.1) is 18.6 Å². The first-order chi connectivity index (χ1) is 10.5. The van der Waals surface area contributed by atoms with Crippen LogP contribution in [0.2, 0.25) is 5.02 Å². The second kappa shape index (κ2) is 7.42. The molecule has 22 heavy (non-hydrogen) atoms. The molecule has 3 N–H and O–H groups in total. The van der Waals surface area contributed by atoms with Crippen molar-refractivity contribution >= 4 is 40.6 Å². The maximum Gasteiger partial charge on any atom is 0.234 e. The van der Waals surface area contributed by atoms with Crippen LogP contribution in [0.25, 0.3) is 0 Å². The van der Waals surface area contributed by atoms with E-state index in [0.29, 0.717) is 22.1 Å². The highest BCUT2D eigenvalue weighted by atomic mass is 35.5. The summed E-state index contributed by atoms with van der Waals surface area (Å²) in [6.45, 7) is 1.87. The summed E-state index contributed by atoms with van der Waals surface area (Å²) in [6, 6.07) is 10.9. The van der Waals surface area contributed by atoms with E-state index >= 15 is 0 Å². The molecule has 0 atom stereocenters. The standard InChI is InChI=1S/C16H17ClN2O2S/c1-10-6-14(15(21-2)8-13(10)17)19-16(20)9-22-12-5-3-4-11(18)7-12/h3-8H,9,18H2,1-2H3,(H,19,20). The SMILES string of the molecule is COc1cc(Cl)c(C)cc1NC(=O)CSc1cccc(N)c1. The second-order valence-electron chi connectivity index (χ2n) is 4.71. The fourth-order valence-corrected chi connectivity index (χ4v) is 2.79. The van der Waals surface area contributed by atoms with Crippen LogP contribution in [0, 0.1) is 6.92 Å². The van der Waals surface area contributed by atoms with Crippen molar-refractivity contribution in [3.63, 3.8) is 0 Å². The molecule has 0 fully saturated rings. The van der Waals surface area contributed by atoms with Gasteiger partial charge in [-0.1, -0.05) is 17.7 Å². The third-order valence-electron chi connectivity index (χ3n) is 2.98. The van der Waals surface area contributed by atoms with Crippen molar-refractivity contribution in [3.8, 4) is 5.75 Å². The predicted octanol–water partition coefficient (Wildman–Crippen LogP) is 3.97. The van der Waals surface area contributed by atoms with Crippen molar-refractivity contribution in [3.05, 3.63) is 47.0 Å². The van der Waals surface area contributed by atoms with Crippen LogP contribution in [-0.4, -0.2) is 18.8 Å². The summed E-state index contributed by atoms with van der Waals surface area (Å²) in [6.07, 6.45) is 0. The molecular weight excluding hydrogens is 320 g/mol. The molecule has 116 valence electrons. The number of nitrogens with two attached hydrogens (primary N) is 1. The lowest BCUT2D eigenvalue weighted by molar-refractivity contribution is -0.113. The molecule has 0 spiro atoms. The van der Waals surface area contributed by atoms with Crippen molar-refractivity contribution in [2.75, 3.05) is 23.9 Å². The van der Waals surface area contributed by atoms with Gasteiger partial charge in [0, 0.05) is 21.7 Å². The number of hydrogen-bond acceptors (Lipinski definition) is 4. The summed E-state index contributed by atoms with van der Waals surface area (Å²) in [5.41, 5.74) is 7.88. The molecule has 0 aliphatic carbocycles. The molecule has 0 aromatic heterocycles. The van der Waals surface area contributed by atoms with Gasteiger partial charge in [0.2, 0.25) is 5.91 Å². The van der Waals surface area contributed by atoms with E-state index in [0.717, 1.165) is 10.5 Å². The van der Waals surface area contributed by atoms with E-state index in [2.05, 4.69) is 5.32 Å². The Balaban J connectivity index is 2.01. The first-order valence-electron chi connectivity index (χ1n) is 6.62. The Hall–Kier alpha value is -1.85. The molecule has 2 rings (SSSR count). The Bertz CT molecular complexity index is 692. The molecule has 0 saturated carbocycles. The highest BCUT2D eigenvalue weighted by molar-refractivity contribution is 8.00. The number of aryl methyl sites for hydroxylation is 1. The molecule has 0 unspecified atom stereocenters. The molecule has 6 heteroatoms. The number of ether oxygens (including phenoxy) is 1. The Morgan fingerprint density at radius 1 is 1.36 bits per heavy atom. The molecule has 0 saturated heterocycles. The minimum atomic E-state index is -0.118. The summed E-state index contributed by atoms with van der Waals surface area (Å²) in [7, 11) is 1.54. The zero-order valence-electron chi connectivity index (χ0n) is 12.4. The minimum Gasteiger partial charge on any atom is -0.495 e. The fourth-order valence-electron chi connectivity index (χ4n) is 1.87. The van der Waals surface area contributed by atoms with Gasteiger partial charge in [-0.2, -0.15) is 0 Å². The number of hydrogen-bond donors (Lipinski definition) is 2. The minimum absolute atomic E-state index is 0.118. The normalized spacial score (nSPS) is 10.3. The van der Waals surface area contributed by atoms with E-state index in [4.69, 9.17) is 22.1 Å². The van der Waals surface area contributed by atoms with Crippen LogP contribution in [0.1, 0.15) is 5.56 Å². The molecule has 0 radical (unpaired) electrons. The van der Waals surface area contributed by atoms with Gasteiger partial charge in [0.1, 0.15) is 5.75 Å². The monoisotopic (exact) mass is 336 g/mol. The lowest BCUT2D eigenvalue weighted by Gasteiger charge is -2.12. The third-order valence-corrected chi connectivity index (χ3v) is 4.38. The number of thioether (sulfide) groups is 1. The van der Waals surface area contributed by atoms with Crippen molar-refractivity contribution in [1.82, 2.24) is 0 Å². The van der Waals surface area contributed by atoms with Crippen LogP contribution in [0.5, 0.6) is 5.75 Å². The van der Waals surface area contributed by atoms with Gasteiger partial charge >= 0.3 is 0 Å². The molecule has 2 aromatic rings. The van der Waals surface area contributed by atoms with Gasteiger partial charge < -0.3 is 15.8 Å². The molecule has 0 heterocycles. The van der Waals surface area contributed by atoms with E-state index in [9.17, 15) is 4.79 Å². The van der Waals surface area contributed by atoms with Gasteiger partial charge in [-0.15, -0.1) is 11.8 Å². The van der Waals surface area contributed by atoms with Crippen molar-refractivity contribution in [1.29, 1.82) is 0 Å². The molecule has 4 nitrogen and oxygen atoms in total. The molecule has 1 amide bonds. The summed E-state index contributed by atoms with van der Waals surface area (Å²) < 4.78 is 5.24. The largest absolute Gasteiger partial charge is 0.495 e. The van der Waals surface area contributed by atoms with Gasteiger partial charge in [-0.3, -0.25) is 4.79 Å². The number of methoxy groups -OCH3 is 1. The van der Waals surface area contributed by atoms with Crippen LogP contribution < -0.4 is 15.8 Å². The number of nitrogens with one attached hydrogen (secondary N) is 1. The summed E-state index contributed by atoms with van der Waals surface area (Å²) in [5.74, 6) is 0.708. The molecule has 2 aromatic carbocycles.